The van der Waals surface area contributed by atoms with E-state index in [1.165, 1.54) is 15.3 Å². The van der Waals surface area contributed by atoms with E-state index in [1.807, 2.05) is 29.2 Å². The number of aryl methyl sites for hydroxylation is 1. The molecular formula is C22H20N2O3S2. The van der Waals surface area contributed by atoms with E-state index in [2.05, 4.69) is 22.9 Å². The summed E-state index contributed by atoms with van der Waals surface area (Å²) in [6.07, 6.45) is 1.92. The summed E-state index contributed by atoms with van der Waals surface area (Å²) >= 11 is 3.47. The van der Waals surface area contributed by atoms with Crippen molar-refractivity contribution in [2.24, 2.45) is 0 Å². The average molecular weight is 425 g/mol. The topological polar surface area (TPSA) is 55.5 Å². The van der Waals surface area contributed by atoms with Gasteiger partial charge in [0, 0.05) is 29.3 Å². The first-order chi connectivity index (χ1) is 14.2. The number of thiophene rings is 2. The summed E-state index contributed by atoms with van der Waals surface area (Å²) in [6.45, 7) is 1.21. The number of oxazole rings is 1. The summed E-state index contributed by atoms with van der Waals surface area (Å²) in [4.78, 5) is 29.9. The lowest BCUT2D eigenvalue weighted by Crippen LogP contribution is -2.39. The van der Waals surface area contributed by atoms with E-state index in [4.69, 9.17) is 4.42 Å². The summed E-state index contributed by atoms with van der Waals surface area (Å²) in [5.74, 6) is -0.225. The predicted octanol–water partition coefficient (Wildman–Crippen LogP) is 4.67. The number of carbonyl (C=O) groups excluding carboxylic acids is 1. The van der Waals surface area contributed by atoms with Crippen molar-refractivity contribution in [1.29, 1.82) is 0 Å². The molecule has 1 aromatic carbocycles. The third kappa shape index (κ3) is 3.34. The molecular weight excluding hydrogens is 404 g/mol. The molecule has 4 aromatic rings. The lowest BCUT2D eigenvalue weighted by molar-refractivity contribution is -0.133. The highest BCUT2D eigenvalue weighted by Crippen LogP contribution is 2.39. The summed E-state index contributed by atoms with van der Waals surface area (Å²) in [5.41, 5.74) is 2.62. The zero-order valence-corrected chi connectivity index (χ0v) is 17.4. The van der Waals surface area contributed by atoms with Gasteiger partial charge >= 0.3 is 5.76 Å². The monoisotopic (exact) mass is 424 g/mol. The summed E-state index contributed by atoms with van der Waals surface area (Å²) < 4.78 is 6.90. The minimum absolute atomic E-state index is 0.00924. The van der Waals surface area contributed by atoms with E-state index in [9.17, 15) is 9.59 Å². The van der Waals surface area contributed by atoms with Gasteiger partial charge in [-0.15, -0.1) is 22.7 Å². The molecule has 148 valence electrons. The van der Waals surface area contributed by atoms with E-state index in [0.29, 0.717) is 25.0 Å². The summed E-state index contributed by atoms with van der Waals surface area (Å²) in [7, 11) is 0. The Morgan fingerprint density at radius 1 is 1.10 bits per heavy atom. The van der Waals surface area contributed by atoms with Crippen LogP contribution in [0, 0.1) is 0 Å². The fourth-order valence-corrected chi connectivity index (χ4v) is 5.85. The van der Waals surface area contributed by atoms with Gasteiger partial charge in [-0.3, -0.25) is 9.36 Å². The average Bonchev–Trinajstić information content (AvgIpc) is 3.47. The number of rotatable bonds is 5. The Morgan fingerprint density at radius 2 is 2.00 bits per heavy atom. The predicted molar refractivity (Wildman–Crippen MR) is 116 cm³/mol. The van der Waals surface area contributed by atoms with Crippen molar-refractivity contribution in [3.8, 4) is 0 Å². The highest BCUT2D eigenvalue weighted by atomic mass is 32.1. The number of para-hydroxylation sites is 2. The Morgan fingerprint density at radius 3 is 2.86 bits per heavy atom. The Kier molecular flexibility index (Phi) is 4.85. The van der Waals surface area contributed by atoms with Crippen molar-refractivity contribution < 1.29 is 9.21 Å². The fraction of sp³-hybridized carbons (Fsp3) is 0.273. The van der Waals surface area contributed by atoms with Gasteiger partial charge in [-0.25, -0.2) is 4.79 Å². The van der Waals surface area contributed by atoms with Gasteiger partial charge in [-0.1, -0.05) is 18.2 Å². The van der Waals surface area contributed by atoms with Crippen LogP contribution < -0.4 is 5.76 Å². The first kappa shape index (κ1) is 18.4. The van der Waals surface area contributed by atoms with Crippen LogP contribution in [0.2, 0.25) is 0 Å². The quantitative estimate of drug-likeness (QED) is 0.468. The molecule has 3 aromatic heterocycles. The van der Waals surface area contributed by atoms with Gasteiger partial charge in [-0.2, -0.15) is 0 Å². The molecule has 1 aliphatic rings. The van der Waals surface area contributed by atoms with Gasteiger partial charge in [-0.05, 0) is 53.4 Å². The Hall–Kier alpha value is -2.64. The van der Waals surface area contributed by atoms with Crippen LogP contribution in [0.1, 0.15) is 34.2 Å². The van der Waals surface area contributed by atoms with Crippen molar-refractivity contribution in [1.82, 2.24) is 9.47 Å². The highest BCUT2D eigenvalue weighted by Gasteiger charge is 2.33. The normalized spacial score (nSPS) is 16.3. The second-order valence-corrected chi connectivity index (χ2v) is 9.13. The third-order valence-corrected chi connectivity index (χ3v) is 7.37. The van der Waals surface area contributed by atoms with Crippen LogP contribution in [0.3, 0.4) is 0 Å². The first-order valence-corrected chi connectivity index (χ1v) is 11.5. The van der Waals surface area contributed by atoms with Crippen LogP contribution in [0.25, 0.3) is 11.1 Å². The lowest BCUT2D eigenvalue weighted by Gasteiger charge is -2.35. The van der Waals surface area contributed by atoms with Crippen molar-refractivity contribution in [3.05, 3.63) is 79.1 Å². The SMILES string of the molecule is O=C(CCCn1c(=O)oc2ccccc21)N1CCc2sccc2[C@@H]1c1cccs1. The molecule has 0 spiro atoms. The molecule has 4 heterocycles. The van der Waals surface area contributed by atoms with E-state index in [1.54, 1.807) is 33.3 Å². The van der Waals surface area contributed by atoms with Crippen LogP contribution in [0.15, 0.2) is 62.4 Å². The molecule has 0 N–H and O–H groups in total. The molecule has 1 aliphatic heterocycles. The van der Waals surface area contributed by atoms with Crippen LogP contribution in [-0.2, 0) is 17.8 Å². The summed E-state index contributed by atoms with van der Waals surface area (Å²) in [6, 6.07) is 13.7. The molecule has 5 nitrogen and oxygen atoms in total. The first-order valence-electron chi connectivity index (χ1n) is 9.70. The maximum Gasteiger partial charge on any atom is 0.419 e. The Balaban J connectivity index is 1.32. The van der Waals surface area contributed by atoms with Crippen molar-refractivity contribution in [3.63, 3.8) is 0 Å². The Bertz CT molecular complexity index is 1200. The van der Waals surface area contributed by atoms with E-state index in [0.717, 1.165) is 18.5 Å². The Labute approximate surface area is 175 Å². The highest BCUT2D eigenvalue weighted by molar-refractivity contribution is 7.10. The van der Waals surface area contributed by atoms with Gasteiger partial charge in [0.05, 0.1) is 11.6 Å². The number of aromatic nitrogens is 1. The third-order valence-electron chi connectivity index (χ3n) is 5.45. The number of benzene rings is 1. The number of hydrogen-bond acceptors (Lipinski definition) is 5. The molecule has 7 heteroatoms. The molecule has 1 atom stereocenters. The number of carbonyl (C=O) groups is 1. The molecule has 29 heavy (non-hydrogen) atoms. The fourth-order valence-electron chi connectivity index (χ4n) is 4.10. The van der Waals surface area contributed by atoms with E-state index in [-0.39, 0.29) is 17.7 Å². The van der Waals surface area contributed by atoms with Gasteiger partial charge in [0.1, 0.15) is 0 Å². The van der Waals surface area contributed by atoms with Gasteiger partial charge in [0.25, 0.3) is 0 Å². The maximum atomic E-state index is 13.1. The minimum atomic E-state index is -0.365. The van der Waals surface area contributed by atoms with Crippen LogP contribution >= 0.6 is 22.7 Å². The molecule has 0 unspecified atom stereocenters. The van der Waals surface area contributed by atoms with E-state index >= 15 is 0 Å². The van der Waals surface area contributed by atoms with Crippen LogP contribution in [0.5, 0.6) is 0 Å². The van der Waals surface area contributed by atoms with E-state index < -0.39 is 0 Å². The largest absolute Gasteiger partial charge is 0.419 e. The van der Waals surface area contributed by atoms with Gasteiger partial charge in [0.15, 0.2) is 5.58 Å². The molecule has 0 fully saturated rings. The number of amides is 1. The van der Waals surface area contributed by atoms with Gasteiger partial charge in [0.2, 0.25) is 5.91 Å². The minimum Gasteiger partial charge on any atom is -0.408 e. The van der Waals surface area contributed by atoms with Crippen LogP contribution in [0.4, 0.5) is 0 Å². The second-order valence-electron chi connectivity index (χ2n) is 7.15. The summed E-state index contributed by atoms with van der Waals surface area (Å²) in [5, 5.41) is 4.19. The maximum absolute atomic E-state index is 13.1. The molecule has 0 saturated carbocycles. The van der Waals surface area contributed by atoms with Crippen molar-refractivity contribution in [2.75, 3.05) is 6.54 Å². The van der Waals surface area contributed by atoms with Crippen molar-refractivity contribution >= 4 is 39.7 Å². The standard InChI is InChI=1S/C22H20N2O3S2/c25-20(8-3-11-23-16-5-1-2-6-17(16)27-22(23)26)24-12-9-18-15(10-14-29-18)21(24)19-7-4-13-28-19/h1-2,4-7,10,13-14,21H,3,8-9,11-12H2/t21-/m1/s1. The number of nitrogens with zero attached hydrogens (tertiary/aromatic N) is 2. The molecule has 0 radical (unpaired) electrons. The zero-order valence-electron chi connectivity index (χ0n) is 15.7. The zero-order chi connectivity index (χ0) is 19.8. The molecule has 0 saturated heterocycles. The molecule has 1 amide bonds. The molecule has 0 aliphatic carbocycles. The molecule has 5 rings (SSSR count). The molecule has 0 bridgehead atoms. The van der Waals surface area contributed by atoms with Crippen molar-refractivity contribution in [2.45, 2.75) is 31.8 Å². The van der Waals surface area contributed by atoms with Gasteiger partial charge < -0.3 is 9.32 Å². The number of hydrogen-bond donors (Lipinski definition) is 0. The lowest BCUT2D eigenvalue weighted by atomic mass is 9.98. The smallest absolute Gasteiger partial charge is 0.408 e. The van der Waals surface area contributed by atoms with Crippen LogP contribution in [-0.4, -0.2) is 21.9 Å². The number of fused-ring (bicyclic) bond motifs is 2. The second kappa shape index (κ2) is 7.65.